The summed E-state index contributed by atoms with van der Waals surface area (Å²) in [6.45, 7) is 0. The van der Waals surface area contributed by atoms with E-state index >= 15 is 0 Å². The van der Waals surface area contributed by atoms with Crippen molar-refractivity contribution in [2.75, 3.05) is 0 Å². The van der Waals surface area contributed by atoms with Crippen LogP contribution in [-0.2, 0) is 0 Å². The summed E-state index contributed by atoms with van der Waals surface area (Å²) in [5, 5.41) is 16.6. The third kappa shape index (κ3) is 4.37. The molecular weight excluding hydrogens is 705 g/mol. The minimum Gasteiger partial charge on any atom is -0.455 e. The van der Waals surface area contributed by atoms with Gasteiger partial charge in [0.05, 0.1) is 0 Å². The average Bonchev–Trinajstić information content (AvgIpc) is 3.86. The summed E-state index contributed by atoms with van der Waals surface area (Å²) in [6, 6.07) is 70.4. The molecule has 0 fully saturated rings. The van der Waals surface area contributed by atoms with Crippen molar-refractivity contribution < 1.29 is 8.83 Å². The van der Waals surface area contributed by atoms with Crippen LogP contribution in [0.25, 0.3) is 131 Å². The Morgan fingerprint density at radius 3 is 1.31 bits per heavy atom. The van der Waals surface area contributed by atoms with E-state index in [1.165, 1.54) is 70.9 Å². The molecule has 0 spiro atoms. The van der Waals surface area contributed by atoms with Crippen LogP contribution in [0.5, 0.6) is 0 Å². The molecule has 0 amide bonds. The predicted molar refractivity (Wildman–Crippen MR) is 245 cm³/mol. The molecular formula is C56H32O2. The molecule has 0 unspecified atom stereocenters. The van der Waals surface area contributed by atoms with Crippen LogP contribution >= 0.6 is 0 Å². The Hall–Kier alpha value is -7.68. The molecule has 2 aromatic heterocycles. The monoisotopic (exact) mass is 736 g/mol. The lowest BCUT2D eigenvalue weighted by atomic mass is 9.83. The Bertz CT molecular complexity index is 3800. The molecule has 0 bridgehead atoms. The lowest BCUT2D eigenvalue weighted by Gasteiger charge is -2.20. The molecule has 2 nitrogen and oxygen atoms in total. The summed E-state index contributed by atoms with van der Waals surface area (Å²) in [7, 11) is 0. The van der Waals surface area contributed by atoms with Crippen LogP contribution in [-0.4, -0.2) is 0 Å². The number of benzene rings is 11. The lowest BCUT2D eigenvalue weighted by Crippen LogP contribution is -1.93. The van der Waals surface area contributed by atoms with Gasteiger partial charge in [0.1, 0.15) is 22.3 Å². The van der Waals surface area contributed by atoms with Gasteiger partial charge in [-0.25, -0.2) is 0 Å². The van der Waals surface area contributed by atoms with Gasteiger partial charge in [0.2, 0.25) is 0 Å². The standard InChI is InChI=1S/C56H32O2/c1-2-14-35-33(12-1)13-11-22-40(35)53-41-18-5-7-20-43(41)54(44-21-8-6-19-42(44)53)45-26-25-36(37-15-3-4-16-38(37)45)34-24-31-52-50(32-34)49-30-29-47-48(56(49)58-52)28-27-46-39-17-9-10-23-51(39)57-55(46)47/h1-32H. The number of furan rings is 2. The van der Waals surface area contributed by atoms with Gasteiger partial charge < -0.3 is 8.83 Å². The minimum absolute atomic E-state index is 0.876. The quantitative estimate of drug-likeness (QED) is 0.169. The maximum atomic E-state index is 6.65. The van der Waals surface area contributed by atoms with E-state index in [1.54, 1.807) is 0 Å². The second-order valence-electron chi connectivity index (χ2n) is 15.5. The predicted octanol–water partition coefficient (Wildman–Crippen LogP) is 16.3. The normalized spacial score (nSPS) is 12.1. The fraction of sp³-hybridized carbons (Fsp3) is 0. The number of hydrogen-bond donors (Lipinski definition) is 0. The van der Waals surface area contributed by atoms with E-state index in [-0.39, 0.29) is 0 Å². The summed E-state index contributed by atoms with van der Waals surface area (Å²) in [5.41, 5.74) is 11.0. The Balaban J connectivity index is 1.02. The Morgan fingerprint density at radius 1 is 0.241 bits per heavy atom. The molecule has 13 rings (SSSR count). The number of hydrogen-bond acceptors (Lipinski definition) is 2. The third-order valence-electron chi connectivity index (χ3n) is 12.5. The summed E-state index contributed by atoms with van der Waals surface area (Å²) < 4.78 is 13.0. The molecule has 2 heterocycles. The van der Waals surface area contributed by atoms with Crippen LogP contribution in [0.3, 0.4) is 0 Å². The van der Waals surface area contributed by atoms with Crippen LogP contribution in [0.2, 0.25) is 0 Å². The summed E-state index contributed by atoms with van der Waals surface area (Å²) in [4.78, 5) is 0. The van der Waals surface area contributed by atoms with Crippen LogP contribution in [0.15, 0.2) is 203 Å². The Labute approximate surface area is 332 Å². The van der Waals surface area contributed by atoms with Gasteiger partial charge in [0.15, 0.2) is 0 Å². The fourth-order valence-electron chi connectivity index (χ4n) is 9.91. The molecule has 0 atom stereocenters. The highest BCUT2D eigenvalue weighted by Crippen LogP contribution is 2.48. The average molecular weight is 737 g/mol. The molecule has 58 heavy (non-hydrogen) atoms. The Morgan fingerprint density at radius 2 is 0.672 bits per heavy atom. The van der Waals surface area contributed by atoms with E-state index in [0.717, 1.165) is 60.2 Å². The number of fused-ring (bicyclic) bond motifs is 13. The Kier molecular flexibility index (Phi) is 6.47. The minimum atomic E-state index is 0.876. The van der Waals surface area contributed by atoms with E-state index in [2.05, 4.69) is 182 Å². The van der Waals surface area contributed by atoms with Gasteiger partial charge in [-0.3, -0.25) is 0 Å². The van der Waals surface area contributed by atoms with Crippen molar-refractivity contribution in [2.24, 2.45) is 0 Å². The van der Waals surface area contributed by atoms with Gasteiger partial charge in [-0.05, 0) is 119 Å². The van der Waals surface area contributed by atoms with Crippen molar-refractivity contribution in [3.05, 3.63) is 194 Å². The molecule has 13 aromatic rings. The third-order valence-corrected chi connectivity index (χ3v) is 12.5. The maximum absolute atomic E-state index is 6.65. The molecule has 0 aliphatic rings. The van der Waals surface area contributed by atoms with E-state index in [9.17, 15) is 0 Å². The van der Waals surface area contributed by atoms with Gasteiger partial charge in [0, 0.05) is 32.3 Å². The highest BCUT2D eigenvalue weighted by molar-refractivity contribution is 6.26. The molecule has 0 N–H and O–H groups in total. The van der Waals surface area contributed by atoms with Crippen molar-refractivity contribution in [1.29, 1.82) is 0 Å². The lowest BCUT2D eigenvalue weighted by molar-refractivity contribution is 0.669. The smallest absolute Gasteiger partial charge is 0.143 e. The SMILES string of the molecule is c1ccc2c(-c3c4ccccc4c(-c4ccc(-c5ccc6oc7c(ccc8c7ccc7c9ccccc9oc78)c6c5)c5ccccc45)c4ccccc34)cccc2c1. The molecule has 0 saturated heterocycles. The van der Waals surface area contributed by atoms with E-state index < -0.39 is 0 Å². The van der Waals surface area contributed by atoms with Crippen LogP contribution < -0.4 is 0 Å². The molecule has 11 aromatic carbocycles. The number of para-hydroxylation sites is 1. The zero-order valence-corrected chi connectivity index (χ0v) is 31.3. The van der Waals surface area contributed by atoms with Crippen molar-refractivity contribution in [3.63, 3.8) is 0 Å². The first-order chi connectivity index (χ1) is 28.8. The second kappa shape index (κ2) is 11.9. The fourth-order valence-corrected chi connectivity index (χ4v) is 9.91. The van der Waals surface area contributed by atoms with Crippen molar-refractivity contribution in [1.82, 2.24) is 0 Å². The molecule has 268 valence electrons. The molecule has 0 aliphatic carbocycles. The van der Waals surface area contributed by atoms with Crippen molar-refractivity contribution >= 4 is 97.7 Å². The first-order valence-electron chi connectivity index (χ1n) is 19.9. The van der Waals surface area contributed by atoms with Crippen LogP contribution in [0.4, 0.5) is 0 Å². The van der Waals surface area contributed by atoms with Crippen LogP contribution in [0.1, 0.15) is 0 Å². The van der Waals surface area contributed by atoms with E-state index in [0.29, 0.717) is 0 Å². The van der Waals surface area contributed by atoms with Gasteiger partial charge in [-0.2, -0.15) is 0 Å². The van der Waals surface area contributed by atoms with E-state index in [1.807, 2.05) is 12.1 Å². The molecule has 0 saturated carbocycles. The van der Waals surface area contributed by atoms with Crippen molar-refractivity contribution in [3.8, 4) is 33.4 Å². The molecule has 0 radical (unpaired) electrons. The highest BCUT2D eigenvalue weighted by atomic mass is 16.3. The zero-order chi connectivity index (χ0) is 37.9. The second-order valence-corrected chi connectivity index (χ2v) is 15.5. The van der Waals surface area contributed by atoms with Gasteiger partial charge >= 0.3 is 0 Å². The first-order valence-corrected chi connectivity index (χ1v) is 19.9. The molecule has 2 heteroatoms. The largest absolute Gasteiger partial charge is 0.455 e. The van der Waals surface area contributed by atoms with Gasteiger partial charge in [-0.15, -0.1) is 0 Å². The number of rotatable bonds is 3. The van der Waals surface area contributed by atoms with Crippen molar-refractivity contribution in [2.45, 2.75) is 0 Å². The highest BCUT2D eigenvalue weighted by Gasteiger charge is 2.21. The zero-order valence-electron chi connectivity index (χ0n) is 31.3. The van der Waals surface area contributed by atoms with Crippen LogP contribution in [0, 0.1) is 0 Å². The summed E-state index contributed by atoms with van der Waals surface area (Å²) in [5.74, 6) is 0. The van der Waals surface area contributed by atoms with E-state index in [4.69, 9.17) is 8.83 Å². The maximum Gasteiger partial charge on any atom is 0.143 e. The first kappa shape index (κ1) is 31.5. The van der Waals surface area contributed by atoms with Gasteiger partial charge in [0.25, 0.3) is 0 Å². The molecule has 0 aliphatic heterocycles. The summed E-state index contributed by atoms with van der Waals surface area (Å²) >= 11 is 0. The summed E-state index contributed by atoms with van der Waals surface area (Å²) in [6.07, 6.45) is 0. The van der Waals surface area contributed by atoms with Gasteiger partial charge in [-0.1, -0.05) is 152 Å². The topological polar surface area (TPSA) is 26.3 Å².